The molecule has 2 heterocycles. The van der Waals surface area contributed by atoms with Gasteiger partial charge in [-0.15, -0.1) is 0 Å². The first-order chi connectivity index (χ1) is 7.86. The Bertz CT molecular complexity index is 518. The number of ketones is 1. The Balaban J connectivity index is 1.96. The molecule has 0 saturated heterocycles. The highest BCUT2D eigenvalue weighted by molar-refractivity contribution is 7.08. The number of para-hydroxylation sites is 1. The summed E-state index contributed by atoms with van der Waals surface area (Å²) in [6.07, 6.45) is 0. The number of rotatable bonds is 2. The minimum atomic E-state index is -0.0224. The van der Waals surface area contributed by atoms with Gasteiger partial charge in [-0.25, -0.2) is 0 Å². The maximum Gasteiger partial charge on any atom is 0.172 e. The van der Waals surface area contributed by atoms with Gasteiger partial charge in [-0.05, 0) is 23.1 Å². The molecule has 0 aliphatic carbocycles. The van der Waals surface area contributed by atoms with Crippen molar-refractivity contribution in [3.63, 3.8) is 0 Å². The molecule has 3 heteroatoms. The maximum absolute atomic E-state index is 12.2. The van der Waals surface area contributed by atoms with Crippen molar-refractivity contribution in [2.75, 3.05) is 11.9 Å². The molecule has 1 atom stereocenters. The first kappa shape index (κ1) is 9.60. The molecule has 0 amide bonds. The van der Waals surface area contributed by atoms with Gasteiger partial charge < -0.3 is 5.32 Å². The fraction of sp³-hybridized carbons (Fsp3) is 0.154. The van der Waals surface area contributed by atoms with Crippen molar-refractivity contribution in [3.05, 3.63) is 52.2 Å². The van der Waals surface area contributed by atoms with Gasteiger partial charge in [0.05, 0.1) is 5.92 Å². The first-order valence-electron chi connectivity index (χ1n) is 5.25. The van der Waals surface area contributed by atoms with Crippen LogP contribution in [0.5, 0.6) is 0 Å². The molecule has 80 valence electrons. The van der Waals surface area contributed by atoms with E-state index >= 15 is 0 Å². The standard InChI is InChI=1S/C13H11NOS/c15-13(9-5-6-16-8-9)11-7-14-12-4-2-1-3-10(11)12/h1-6,8,11,14H,7H2. The normalized spacial score (nSPS) is 17.9. The van der Waals surface area contributed by atoms with Gasteiger partial charge in [0.25, 0.3) is 0 Å². The number of nitrogens with one attached hydrogen (secondary N) is 1. The maximum atomic E-state index is 12.2. The van der Waals surface area contributed by atoms with E-state index in [1.807, 2.05) is 41.1 Å². The van der Waals surface area contributed by atoms with Crippen LogP contribution < -0.4 is 5.32 Å². The van der Waals surface area contributed by atoms with Crippen LogP contribution in [0.2, 0.25) is 0 Å². The zero-order valence-electron chi connectivity index (χ0n) is 8.64. The Morgan fingerprint density at radius 2 is 2.19 bits per heavy atom. The van der Waals surface area contributed by atoms with Crippen LogP contribution in [0, 0.1) is 0 Å². The summed E-state index contributed by atoms with van der Waals surface area (Å²) in [5.74, 6) is 0.199. The van der Waals surface area contributed by atoms with Gasteiger partial charge in [0.1, 0.15) is 0 Å². The van der Waals surface area contributed by atoms with E-state index in [0.29, 0.717) is 6.54 Å². The molecule has 1 unspecified atom stereocenters. The predicted octanol–water partition coefficient (Wildman–Crippen LogP) is 3.14. The molecule has 2 aromatic rings. The van der Waals surface area contributed by atoms with E-state index in [2.05, 4.69) is 5.32 Å². The zero-order valence-corrected chi connectivity index (χ0v) is 9.46. The van der Waals surface area contributed by atoms with Crippen LogP contribution in [-0.4, -0.2) is 12.3 Å². The summed E-state index contributed by atoms with van der Waals surface area (Å²) < 4.78 is 0. The molecule has 0 spiro atoms. The minimum absolute atomic E-state index is 0.0224. The molecular weight excluding hydrogens is 218 g/mol. The van der Waals surface area contributed by atoms with Gasteiger partial charge in [0.15, 0.2) is 5.78 Å². The average Bonchev–Trinajstić information content (AvgIpc) is 2.98. The molecule has 3 rings (SSSR count). The molecule has 0 fully saturated rings. The lowest BCUT2D eigenvalue weighted by Crippen LogP contribution is -2.14. The van der Waals surface area contributed by atoms with Gasteiger partial charge >= 0.3 is 0 Å². The third kappa shape index (κ3) is 1.44. The third-order valence-electron chi connectivity index (χ3n) is 2.96. The topological polar surface area (TPSA) is 29.1 Å². The van der Waals surface area contributed by atoms with Crippen LogP contribution in [0.4, 0.5) is 5.69 Å². The van der Waals surface area contributed by atoms with Gasteiger partial charge in [-0.1, -0.05) is 18.2 Å². The van der Waals surface area contributed by atoms with Crippen LogP contribution >= 0.6 is 11.3 Å². The lowest BCUT2D eigenvalue weighted by Gasteiger charge is -2.07. The van der Waals surface area contributed by atoms with Gasteiger partial charge in [-0.3, -0.25) is 4.79 Å². The first-order valence-corrected chi connectivity index (χ1v) is 6.20. The number of hydrogen-bond acceptors (Lipinski definition) is 3. The monoisotopic (exact) mass is 229 g/mol. The fourth-order valence-corrected chi connectivity index (χ4v) is 2.77. The second-order valence-corrected chi connectivity index (χ2v) is 4.68. The number of Topliss-reactive ketones (excluding diaryl/α,β-unsaturated/α-hetero) is 1. The molecule has 0 saturated carbocycles. The highest BCUT2D eigenvalue weighted by atomic mass is 32.1. The molecule has 2 nitrogen and oxygen atoms in total. The number of hydrogen-bond donors (Lipinski definition) is 1. The van der Waals surface area contributed by atoms with E-state index in [0.717, 1.165) is 16.8 Å². The summed E-state index contributed by atoms with van der Waals surface area (Å²) in [6.45, 7) is 0.716. The van der Waals surface area contributed by atoms with Crippen molar-refractivity contribution in [3.8, 4) is 0 Å². The van der Waals surface area contributed by atoms with E-state index in [-0.39, 0.29) is 11.7 Å². The van der Waals surface area contributed by atoms with E-state index in [1.54, 1.807) is 11.3 Å². The Kier molecular flexibility index (Phi) is 2.26. The highest BCUT2D eigenvalue weighted by Gasteiger charge is 2.28. The summed E-state index contributed by atoms with van der Waals surface area (Å²) in [4.78, 5) is 12.2. The second kappa shape index (κ2) is 3.76. The van der Waals surface area contributed by atoms with Gasteiger partial charge in [0, 0.05) is 23.2 Å². The molecule has 0 bridgehead atoms. The largest absolute Gasteiger partial charge is 0.384 e. The van der Waals surface area contributed by atoms with Gasteiger partial charge in [0.2, 0.25) is 0 Å². The lowest BCUT2D eigenvalue weighted by molar-refractivity contribution is 0.0967. The van der Waals surface area contributed by atoms with Crippen LogP contribution in [0.15, 0.2) is 41.1 Å². The summed E-state index contributed by atoms with van der Waals surface area (Å²) in [5, 5.41) is 7.14. The number of fused-ring (bicyclic) bond motifs is 1. The SMILES string of the molecule is O=C(c1ccsc1)C1CNc2ccccc21. The van der Waals surface area contributed by atoms with Crippen molar-refractivity contribution in [1.82, 2.24) is 0 Å². The van der Waals surface area contributed by atoms with Crippen molar-refractivity contribution >= 4 is 22.8 Å². The molecular formula is C13H11NOS. The summed E-state index contributed by atoms with van der Waals surface area (Å²) in [7, 11) is 0. The molecule has 1 aromatic heterocycles. The Morgan fingerprint density at radius 1 is 1.31 bits per heavy atom. The summed E-state index contributed by atoms with van der Waals surface area (Å²) in [6, 6.07) is 9.93. The average molecular weight is 229 g/mol. The molecule has 1 aliphatic heterocycles. The van der Waals surface area contributed by atoms with E-state index in [1.165, 1.54) is 0 Å². The smallest absolute Gasteiger partial charge is 0.172 e. The molecule has 16 heavy (non-hydrogen) atoms. The molecule has 0 radical (unpaired) electrons. The number of thiophene rings is 1. The Hall–Kier alpha value is -1.61. The van der Waals surface area contributed by atoms with Crippen LogP contribution in [0.1, 0.15) is 21.8 Å². The predicted molar refractivity (Wildman–Crippen MR) is 66.3 cm³/mol. The van der Waals surface area contributed by atoms with E-state index < -0.39 is 0 Å². The van der Waals surface area contributed by atoms with Gasteiger partial charge in [-0.2, -0.15) is 11.3 Å². The number of carbonyl (C=O) groups excluding carboxylic acids is 1. The number of benzene rings is 1. The fourth-order valence-electron chi connectivity index (χ4n) is 2.12. The van der Waals surface area contributed by atoms with Crippen molar-refractivity contribution in [2.24, 2.45) is 0 Å². The van der Waals surface area contributed by atoms with Crippen molar-refractivity contribution in [1.29, 1.82) is 0 Å². The number of anilines is 1. The minimum Gasteiger partial charge on any atom is -0.384 e. The molecule has 1 aliphatic rings. The molecule has 1 N–H and O–H groups in total. The summed E-state index contributed by atoms with van der Waals surface area (Å²) in [5.41, 5.74) is 3.04. The Labute approximate surface area is 97.9 Å². The van der Waals surface area contributed by atoms with E-state index in [9.17, 15) is 4.79 Å². The van der Waals surface area contributed by atoms with Crippen LogP contribution in [-0.2, 0) is 0 Å². The third-order valence-corrected chi connectivity index (χ3v) is 3.64. The Morgan fingerprint density at radius 3 is 3.00 bits per heavy atom. The van der Waals surface area contributed by atoms with Crippen molar-refractivity contribution < 1.29 is 4.79 Å². The zero-order chi connectivity index (χ0) is 11.0. The van der Waals surface area contributed by atoms with Crippen molar-refractivity contribution in [2.45, 2.75) is 5.92 Å². The van der Waals surface area contributed by atoms with E-state index in [4.69, 9.17) is 0 Å². The number of carbonyl (C=O) groups is 1. The summed E-state index contributed by atoms with van der Waals surface area (Å²) >= 11 is 1.57. The van der Waals surface area contributed by atoms with Crippen LogP contribution in [0.25, 0.3) is 0 Å². The molecule has 1 aromatic carbocycles. The lowest BCUT2D eigenvalue weighted by atomic mass is 9.94. The highest BCUT2D eigenvalue weighted by Crippen LogP contribution is 2.33. The quantitative estimate of drug-likeness (QED) is 0.801. The van der Waals surface area contributed by atoms with Crippen LogP contribution in [0.3, 0.4) is 0 Å². The second-order valence-electron chi connectivity index (χ2n) is 3.90.